The molecule has 566 valence electrons. The number of nitrogens with two attached hydrogens (primary N) is 7. The molecule has 6 atom stereocenters. The van der Waals surface area contributed by atoms with Crippen LogP contribution in [0.15, 0.2) is 37.2 Å². The van der Waals surface area contributed by atoms with Crippen LogP contribution >= 0.6 is 0 Å². The molecule has 4 amide bonds. The van der Waals surface area contributed by atoms with Crippen molar-refractivity contribution in [2.45, 2.75) is 242 Å². The summed E-state index contributed by atoms with van der Waals surface area (Å²) in [5.74, 6) is 3.13. The highest BCUT2D eigenvalue weighted by Crippen LogP contribution is 2.31. The van der Waals surface area contributed by atoms with E-state index in [2.05, 4.69) is 243 Å². The van der Waals surface area contributed by atoms with Crippen molar-refractivity contribution in [3.05, 3.63) is 88.0 Å². The molecule has 31 heteroatoms. The number of rotatable bonds is 19. The molecule has 0 saturated heterocycles. The van der Waals surface area contributed by atoms with Gasteiger partial charge in [0.2, 0.25) is 17.8 Å². The van der Waals surface area contributed by atoms with Crippen LogP contribution in [0.4, 0.5) is 52.8 Å². The molecule has 20 N–H and O–H groups in total. The number of aromatic nitrogens is 12. The zero-order valence-corrected chi connectivity index (χ0v) is 66.0. The van der Waals surface area contributed by atoms with Crippen molar-refractivity contribution in [2.75, 3.05) is 49.1 Å². The second-order valence-corrected chi connectivity index (χ2v) is 31.3. The van der Waals surface area contributed by atoms with Crippen LogP contribution in [0.2, 0.25) is 0 Å². The summed E-state index contributed by atoms with van der Waals surface area (Å²) in [6.45, 7) is 56.0. The van der Waals surface area contributed by atoms with Gasteiger partial charge in [-0.1, -0.05) is 145 Å². The topological polar surface area (TPSA) is 525 Å². The van der Waals surface area contributed by atoms with E-state index in [0.29, 0.717) is 80.2 Å². The lowest BCUT2D eigenvalue weighted by Gasteiger charge is -2.31. The van der Waals surface area contributed by atoms with Gasteiger partial charge in [0.05, 0.1) is 34.6 Å². The quantitative estimate of drug-likeness (QED) is 0.0358. The predicted molar refractivity (Wildman–Crippen MR) is 412 cm³/mol. The minimum Gasteiger partial charge on any atom is -0.368 e. The summed E-state index contributed by atoms with van der Waals surface area (Å²) in [5, 5.41) is 37.3. The molecular weight excluding hydrogens is 1310 g/mol. The maximum Gasteiger partial charge on any atom is 0.254 e. The fourth-order valence-electron chi connectivity index (χ4n) is 8.69. The van der Waals surface area contributed by atoms with Gasteiger partial charge < -0.3 is 72.0 Å². The van der Waals surface area contributed by atoms with Gasteiger partial charge in [0.1, 0.15) is 75.6 Å². The van der Waals surface area contributed by atoms with Crippen LogP contribution in [-0.4, -0.2) is 120 Å². The highest BCUT2D eigenvalue weighted by atomic mass is 16.2. The van der Waals surface area contributed by atoms with Crippen molar-refractivity contribution in [1.29, 1.82) is 10.5 Å². The first-order chi connectivity index (χ1) is 47.2. The minimum atomic E-state index is -0.575. The summed E-state index contributed by atoms with van der Waals surface area (Å²) in [6.07, 6.45) is 11.4. The molecule has 6 aromatic heterocycles. The summed E-state index contributed by atoms with van der Waals surface area (Å²) in [7, 11) is 0. The molecule has 0 fully saturated rings. The highest BCUT2D eigenvalue weighted by Gasteiger charge is 2.29. The molecule has 0 aliphatic rings. The zero-order valence-electron chi connectivity index (χ0n) is 66.0. The van der Waals surface area contributed by atoms with E-state index in [0.717, 1.165) is 19.3 Å². The minimum absolute atomic E-state index is 0.0224. The molecule has 0 aliphatic heterocycles. The Morgan fingerprint density at radius 2 is 0.553 bits per heavy atom. The molecule has 6 rings (SSSR count). The Kier molecular flexibility index (Phi) is 34.4. The maximum absolute atomic E-state index is 11.4. The van der Waals surface area contributed by atoms with Crippen LogP contribution < -0.4 is 72.0 Å². The Morgan fingerprint density at radius 3 is 0.786 bits per heavy atom. The molecule has 0 spiro atoms. The smallest absolute Gasteiger partial charge is 0.254 e. The predicted octanol–water partition coefficient (Wildman–Crippen LogP) is 10.9. The lowest BCUT2D eigenvalue weighted by Crippen LogP contribution is -2.34. The number of carbonyl (C=O) groups is 4. The largest absolute Gasteiger partial charge is 0.368 e. The summed E-state index contributed by atoms with van der Waals surface area (Å²) >= 11 is 0. The number of anilines is 9. The number of nitrogen functional groups attached to an aromatic ring is 3. The average molecular weight is 1430 g/mol. The Hall–Kier alpha value is -10.5. The SMILES string of the molecule is CC[C@@H](Nc1nc(C)ncc1C(N)=O)C(C)(C)C.CC[C@@H](Nc1nc(C)ncc1C(N)=O)C(C)(C)C.CC[C@@H](Nc1nc(N)ncc1C#N)C(C)(C)C.C[C@@H](Nc1nc(N)ncc1C#N)C(C)(C)C.C[C@@H](Nc1nc(N)ncc1C(N)=O)C(C)(C)C.Cc1ncc(C(N)=O)c(N[C@H](C)C(C)(C)C)n1. The molecule has 6 aromatic rings. The first-order valence-electron chi connectivity index (χ1n) is 34.1. The standard InChI is InChI=1S/2C13H22N4O.C12H19N5.C12H20N4O.C11H19N5O.C11H17N5/c2*1-6-10(13(3,4)5)17-12-9(11(14)18)7-15-8(2)16-12;1-5-9(12(2,3)4)16-10-8(6-13)7-15-11(14)17-10;1-7(12(3,4)5)15-11-9(10(13)17)6-14-8(2)16-11;1-6(11(2,3)4)15-9-7(8(12)17)5-14-10(13)16-9;1-7(11(2,3)4)15-9-8(5-12)6-14-10(13)16-9/h2*7,10H,6H2,1-5H3,(H2,14,18)(H,15,16,17);7,9H,5H2,1-4H3,(H3,14,15,16,17);6-7H,1-5H3,(H2,13,17)(H,14,15,16);5-6H,1-4H3,(H2,12,17)(H3,13,14,15,16);6-7H,1-4H3,(H3,13,14,15,16)/t2*10-;9-;7-;6-;7-/m111111/s1. The third kappa shape index (κ3) is 31.1. The van der Waals surface area contributed by atoms with Gasteiger partial charge in [-0.3, -0.25) is 19.2 Å². The Bertz CT molecular complexity index is 3680. The van der Waals surface area contributed by atoms with E-state index >= 15 is 0 Å². The monoisotopic (exact) mass is 1430 g/mol. The number of nitriles is 2. The van der Waals surface area contributed by atoms with Crippen LogP contribution in [0.25, 0.3) is 0 Å². The van der Waals surface area contributed by atoms with E-state index in [1.807, 2.05) is 26.8 Å². The first kappa shape index (κ1) is 90.6. The number of hydrogen-bond donors (Lipinski definition) is 13. The number of nitrogens with zero attached hydrogens (tertiary/aromatic N) is 14. The van der Waals surface area contributed by atoms with Crippen LogP contribution in [0.5, 0.6) is 0 Å². The van der Waals surface area contributed by atoms with Gasteiger partial charge in [0.25, 0.3) is 23.6 Å². The van der Waals surface area contributed by atoms with E-state index < -0.39 is 23.6 Å². The molecule has 0 unspecified atom stereocenters. The number of amides is 4. The summed E-state index contributed by atoms with van der Waals surface area (Å²) in [5.41, 5.74) is 40.2. The van der Waals surface area contributed by atoms with Gasteiger partial charge in [-0.15, -0.1) is 0 Å². The van der Waals surface area contributed by atoms with Gasteiger partial charge in [0, 0.05) is 61.0 Å². The number of hydrogen-bond acceptors (Lipinski definition) is 27. The average Bonchev–Trinajstić information content (AvgIpc) is 0.848. The van der Waals surface area contributed by atoms with E-state index in [1.54, 1.807) is 20.8 Å². The fourth-order valence-corrected chi connectivity index (χ4v) is 8.69. The second kappa shape index (κ2) is 39.1. The molecule has 0 bridgehead atoms. The number of nitrogens with one attached hydrogen (secondary N) is 6. The third-order valence-corrected chi connectivity index (χ3v) is 16.7. The van der Waals surface area contributed by atoms with Crippen molar-refractivity contribution in [2.24, 2.45) is 55.4 Å². The lowest BCUT2D eigenvalue weighted by molar-refractivity contribution is 0.0991. The molecule has 6 heterocycles. The van der Waals surface area contributed by atoms with Crippen molar-refractivity contribution in [3.63, 3.8) is 0 Å². The van der Waals surface area contributed by atoms with Gasteiger partial charge in [-0.25, -0.2) is 44.9 Å². The molecule has 103 heavy (non-hydrogen) atoms. The Balaban J connectivity index is 0.000000618. The zero-order chi connectivity index (χ0) is 79.7. The van der Waals surface area contributed by atoms with Gasteiger partial charge in [-0.2, -0.15) is 25.5 Å². The van der Waals surface area contributed by atoms with Crippen LogP contribution in [0, 0.1) is 75.9 Å². The normalized spacial score (nSPS) is 13.1. The Labute approximate surface area is 610 Å². The maximum atomic E-state index is 11.4. The number of aryl methyl sites for hydroxylation is 3. The first-order valence-corrected chi connectivity index (χ1v) is 34.1. The molecule has 0 radical (unpaired) electrons. The van der Waals surface area contributed by atoms with Crippen molar-refractivity contribution in [3.8, 4) is 12.1 Å². The van der Waals surface area contributed by atoms with E-state index in [4.69, 9.17) is 50.7 Å². The van der Waals surface area contributed by atoms with Crippen LogP contribution in [-0.2, 0) is 0 Å². The molecule has 0 saturated carbocycles. The van der Waals surface area contributed by atoms with Gasteiger partial charge in [-0.05, 0) is 93.3 Å². The summed E-state index contributed by atoms with van der Waals surface area (Å²) in [4.78, 5) is 93.4. The van der Waals surface area contributed by atoms with E-state index in [-0.39, 0.29) is 92.1 Å². The fraction of sp³-hybridized carbons (Fsp3) is 0.583. The van der Waals surface area contributed by atoms with Crippen molar-refractivity contribution >= 4 is 76.4 Å². The van der Waals surface area contributed by atoms with Crippen LogP contribution in [0.3, 0.4) is 0 Å². The van der Waals surface area contributed by atoms with E-state index in [1.165, 1.54) is 37.2 Å². The number of primary amides is 4. The second-order valence-electron chi connectivity index (χ2n) is 31.3. The molecule has 0 aromatic carbocycles. The van der Waals surface area contributed by atoms with Crippen LogP contribution in [0.1, 0.15) is 255 Å². The Morgan fingerprint density at radius 1 is 0.350 bits per heavy atom. The van der Waals surface area contributed by atoms with Crippen molar-refractivity contribution in [1.82, 2.24) is 59.8 Å². The highest BCUT2D eigenvalue weighted by molar-refractivity contribution is 5.99. The molecular formula is C72H119N27O4. The van der Waals surface area contributed by atoms with E-state index in [9.17, 15) is 19.2 Å². The van der Waals surface area contributed by atoms with Gasteiger partial charge >= 0.3 is 0 Å². The number of carbonyl (C=O) groups excluding carboxylic acids is 4. The molecule has 0 aliphatic carbocycles. The molecule has 31 nitrogen and oxygen atoms in total. The third-order valence-electron chi connectivity index (χ3n) is 16.7. The van der Waals surface area contributed by atoms with Crippen molar-refractivity contribution < 1.29 is 19.2 Å². The summed E-state index contributed by atoms with van der Waals surface area (Å²) < 4.78 is 0. The lowest BCUT2D eigenvalue weighted by atomic mass is 9.85. The summed E-state index contributed by atoms with van der Waals surface area (Å²) in [6, 6.07) is 5.19. The van der Waals surface area contributed by atoms with Gasteiger partial charge in [0.15, 0.2) is 0 Å².